The number of carbonyl (C=O) groups excluding carboxylic acids is 1. The van der Waals surface area contributed by atoms with Crippen LogP contribution in [0.5, 0.6) is 0 Å². The average Bonchev–Trinajstić information content (AvgIpc) is 2.26. The third-order valence-electron chi connectivity index (χ3n) is 3.99. The van der Waals surface area contributed by atoms with Crippen molar-refractivity contribution in [1.29, 1.82) is 0 Å². The van der Waals surface area contributed by atoms with E-state index in [-0.39, 0.29) is 24.8 Å². The molecule has 0 radical (unpaired) electrons. The van der Waals surface area contributed by atoms with Crippen molar-refractivity contribution in [3.63, 3.8) is 0 Å². The van der Waals surface area contributed by atoms with Gasteiger partial charge < -0.3 is 10.4 Å². The lowest BCUT2D eigenvalue weighted by Crippen LogP contribution is -2.40. The highest BCUT2D eigenvalue weighted by atomic mass is 16.4. The molecular weight excluding hydrogens is 242 g/mol. The van der Waals surface area contributed by atoms with Gasteiger partial charge in [-0.05, 0) is 24.2 Å². The van der Waals surface area contributed by atoms with Crippen molar-refractivity contribution in [3.05, 3.63) is 0 Å². The van der Waals surface area contributed by atoms with Gasteiger partial charge in [0.05, 0.1) is 6.42 Å². The van der Waals surface area contributed by atoms with Crippen LogP contribution in [0.2, 0.25) is 0 Å². The third kappa shape index (κ3) is 6.08. The molecule has 4 heteroatoms. The Labute approximate surface area is 116 Å². The van der Waals surface area contributed by atoms with Crippen LogP contribution in [0.25, 0.3) is 0 Å². The van der Waals surface area contributed by atoms with Crippen LogP contribution in [-0.4, -0.2) is 23.0 Å². The van der Waals surface area contributed by atoms with Gasteiger partial charge in [-0.15, -0.1) is 0 Å². The molecule has 1 saturated carbocycles. The predicted octanol–water partition coefficient (Wildman–Crippen LogP) is 2.96. The Kier molecular flexibility index (Phi) is 5.83. The molecule has 0 bridgehead atoms. The van der Waals surface area contributed by atoms with Gasteiger partial charge in [-0.25, -0.2) is 0 Å². The van der Waals surface area contributed by atoms with Crippen molar-refractivity contribution < 1.29 is 14.7 Å². The van der Waals surface area contributed by atoms with E-state index in [2.05, 4.69) is 12.2 Å². The van der Waals surface area contributed by atoms with Crippen LogP contribution in [0, 0.1) is 11.3 Å². The molecule has 0 aromatic rings. The fourth-order valence-corrected chi connectivity index (χ4v) is 2.98. The highest BCUT2D eigenvalue weighted by Gasteiger charge is 2.27. The summed E-state index contributed by atoms with van der Waals surface area (Å²) in [5.41, 5.74) is -0.477. The Morgan fingerprint density at radius 2 is 1.95 bits per heavy atom. The first-order valence-corrected chi connectivity index (χ1v) is 7.33. The minimum atomic E-state index is -0.846. The molecular formula is C15H27NO3. The van der Waals surface area contributed by atoms with Crippen LogP contribution in [0.1, 0.15) is 65.7 Å². The molecule has 110 valence electrons. The number of amides is 1. The average molecular weight is 269 g/mol. The molecule has 0 aromatic heterocycles. The van der Waals surface area contributed by atoms with Gasteiger partial charge in [-0.2, -0.15) is 0 Å². The van der Waals surface area contributed by atoms with E-state index in [0.29, 0.717) is 0 Å². The van der Waals surface area contributed by atoms with Gasteiger partial charge in [0, 0.05) is 12.5 Å². The summed E-state index contributed by atoms with van der Waals surface area (Å²) in [6, 6.07) is 0.284. The van der Waals surface area contributed by atoms with E-state index in [1.54, 1.807) is 0 Å². The number of carbonyl (C=O) groups is 2. The zero-order valence-electron chi connectivity index (χ0n) is 12.4. The minimum absolute atomic E-state index is 0.00648. The molecule has 2 N–H and O–H groups in total. The van der Waals surface area contributed by atoms with Gasteiger partial charge in [0.2, 0.25) is 5.91 Å². The summed E-state index contributed by atoms with van der Waals surface area (Å²) in [4.78, 5) is 22.7. The first kappa shape index (κ1) is 16.0. The Balaban J connectivity index is 2.40. The molecule has 1 aliphatic carbocycles. The molecule has 1 aliphatic rings. The smallest absolute Gasteiger partial charge is 0.303 e. The summed E-state index contributed by atoms with van der Waals surface area (Å²) >= 11 is 0. The molecule has 0 aliphatic heterocycles. The van der Waals surface area contributed by atoms with E-state index >= 15 is 0 Å². The normalized spacial score (nSPS) is 23.9. The van der Waals surface area contributed by atoms with Crippen LogP contribution >= 0.6 is 0 Å². The molecule has 1 amide bonds. The molecule has 4 nitrogen and oxygen atoms in total. The second kappa shape index (κ2) is 6.92. The predicted molar refractivity (Wildman–Crippen MR) is 74.8 cm³/mol. The molecule has 0 aromatic carbocycles. The van der Waals surface area contributed by atoms with Gasteiger partial charge in [0.15, 0.2) is 0 Å². The highest BCUT2D eigenvalue weighted by Crippen LogP contribution is 2.28. The Hall–Kier alpha value is -1.06. The first-order valence-electron chi connectivity index (χ1n) is 7.33. The third-order valence-corrected chi connectivity index (χ3v) is 3.99. The van der Waals surface area contributed by atoms with Crippen LogP contribution in [-0.2, 0) is 9.59 Å². The number of hydrogen-bond donors (Lipinski definition) is 2. The summed E-state index contributed by atoms with van der Waals surface area (Å²) in [6.45, 7) is 5.86. The summed E-state index contributed by atoms with van der Waals surface area (Å²) in [5, 5.41) is 11.9. The van der Waals surface area contributed by atoms with Gasteiger partial charge >= 0.3 is 5.97 Å². The van der Waals surface area contributed by atoms with Crippen molar-refractivity contribution in [3.8, 4) is 0 Å². The molecule has 2 unspecified atom stereocenters. The first-order chi connectivity index (χ1) is 8.82. The minimum Gasteiger partial charge on any atom is -0.481 e. The van der Waals surface area contributed by atoms with Gasteiger partial charge in [0.1, 0.15) is 0 Å². The summed E-state index contributed by atoms with van der Waals surface area (Å²) in [6.07, 6.45) is 6.07. The van der Waals surface area contributed by atoms with Gasteiger partial charge in [0.25, 0.3) is 0 Å². The molecule has 19 heavy (non-hydrogen) atoms. The van der Waals surface area contributed by atoms with E-state index in [4.69, 9.17) is 5.11 Å². The maximum absolute atomic E-state index is 12.0. The van der Waals surface area contributed by atoms with Crippen molar-refractivity contribution in [2.24, 2.45) is 11.3 Å². The maximum Gasteiger partial charge on any atom is 0.303 e. The lowest BCUT2D eigenvalue weighted by Gasteiger charge is -2.30. The van der Waals surface area contributed by atoms with Gasteiger partial charge in [-0.1, -0.05) is 40.0 Å². The Morgan fingerprint density at radius 1 is 1.26 bits per heavy atom. The van der Waals surface area contributed by atoms with Crippen LogP contribution in [0.15, 0.2) is 0 Å². The lowest BCUT2D eigenvalue weighted by atomic mass is 9.83. The highest BCUT2D eigenvalue weighted by molar-refractivity contribution is 5.78. The number of hydrogen-bond acceptors (Lipinski definition) is 2. The van der Waals surface area contributed by atoms with Crippen LogP contribution in [0.4, 0.5) is 0 Å². The molecule has 2 atom stereocenters. The maximum atomic E-state index is 12.0. The second-order valence-electron chi connectivity index (χ2n) is 6.62. The summed E-state index contributed by atoms with van der Waals surface area (Å²) < 4.78 is 0. The molecule has 1 rings (SSSR count). The molecule has 0 saturated heterocycles. The Morgan fingerprint density at radius 3 is 2.53 bits per heavy atom. The molecule has 1 fully saturated rings. The fraction of sp³-hybridized carbons (Fsp3) is 0.867. The number of aliphatic carboxylic acids is 1. The van der Waals surface area contributed by atoms with Crippen LogP contribution < -0.4 is 5.32 Å². The molecule has 0 heterocycles. The second-order valence-corrected chi connectivity index (χ2v) is 6.62. The summed E-state index contributed by atoms with van der Waals surface area (Å²) in [5.74, 6) is -0.124. The Bertz CT molecular complexity index is 325. The van der Waals surface area contributed by atoms with E-state index in [1.165, 1.54) is 19.3 Å². The van der Waals surface area contributed by atoms with E-state index in [1.807, 2.05) is 13.8 Å². The largest absolute Gasteiger partial charge is 0.481 e. The van der Waals surface area contributed by atoms with Crippen molar-refractivity contribution in [1.82, 2.24) is 5.32 Å². The standard InChI is InChI=1S/C15H27NO3/c1-4-11-6-5-7-12(8-11)16-13(17)9-15(2,3)10-14(18)19/h11-12H,4-10H2,1-3H3,(H,16,17)(H,18,19). The van der Waals surface area contributed by atoms with E-state index in [0.717, 1.165) is 18.8 Å². The zero-order valence-corrected chi connectivity index (χ0v) is 12.4. The lowest BCUT2D eigenvalue weighted by molar-refractivity contribution is -0.139. The number of carboxylic acids is 1. The van der Waals surface area contributed by atoms with Gasteiger partial charge in [-0.3, -0.25) is 9.59 Å². The number of carboxylic acid groups (broad SMARTS) is 1. The van der Waals surface area contributed by atoms with Crippen molar-refractivity contribution in [2.75, 3.05) is 0 Å². The number of nitrogens with one attached hydrogen (secondary N) is 1. The van der Waals surface area contributed by atoms with Crippen molar-refractivity contribution >= 4 is 11.9 Å². The fourth-order valence-electron chi connectivity index (χ4n) is 2.98. The van der Waals surface area contributed by atoms with Crippen LogP contribution in [0.3, 0.4) is 0 Å². The van der Waals surface area contributed by atoms with Crippen molar-refractivity contribution in [2.45, 2.75) is 71.8 Å². The SMILES string of the molecule is CCC1CCCC(NC(=O)CC(C)(C)CC(=O)O)C1. The monoisotopic (exact) mass is 269 g/mol. The molecule has 0 spiro atoms. The van der Waals surface area contributed by atoms with E-state index < -0.39 is 11.4 Å². The topological polar surface area (TPSA) is 66.4 Å². The summed E-state index contributed by atoms with van der Waals surface area (Å²) in [7, 11) is 0. The number of rotatable bonds is 6. The zero-order chi connectivity index (χ0) is 14.5. The van der Waals surface area contributed by atoms with E-state index in [9.17, 15) is 9.59 Å². The quantitative estimate of drug-likeness (QED) is 0.779.